The average molecular weight is 337 g/mol. The maximum Gasteiger partial charge on any atom is 0.257 e. The van der Waals surface area contributed by atoms with E-state index in [0.717, 1.165) is 24.2 Å². The minimum Gasteiger partial charge on any atom is -0.384 e. The van der Waals surface area contributed by atoms with E-state index in [1.165, 1.54) is 12.5 Å². The lowest BCUT2D eigenvalue weighted by Gasteiger charge is -2.26. The molecular formula is C20H23N3O2. The summed E-state index contributed by atoms with van der Waals surface area (Å²) < 4.78 is 0. The number of amides is 2. The van der Waals surface area contributed by atoms with E-state index in [1.54, 1.807) is 12.1 Å². The van der Waals surface area contributed by atoms with E-state index in [9.17, 15) is 9.59 Å². The molecule has 0 saturated heterocycles. The first-order chi connectivity index (χ1) is 12.0. The molecule has 0 bridgehead atoms. The first-order valence-electron chi connectivity index (χ1n) is 8.52. The van der Waals surface area contributed by atoms with Crippen LogP contribution in [0, 0.1) is 6.92 Å². The van der Waals surface area contributed by atoms with E-state index in [1.807, 2.05) is 25.1 Å². The SMILES string of the molecule is CC(=O)Nc1ccccc1NC(=O)c1cc(C)cc2c1NCCC2C. The van der Waals surface area contributed by atoms with E-state index in [-0.39, 0.29) is 11.8 Å². The Kier molecular flexibility index (Phi) is 4.74. The highest BCUT2D eigenvalue weighted by Crippen LogP contribution is 2.35. The van der Waals surface area contributed by atoms with Crippen LogP contribution in [0.5, 0.6) is 0 Å². The summed E-state index contributed by atoms with van der Waals surface area (Å²) in [6.45, 7) is 6.50. The second kappa shape index (κ2) is 6.97. The lowest BCUT2D eigenvalue weighted by Crippen LogP contribution is -2.22. The van der Waals surface area contributed by atoms with E-state index >= 15 is 0 Å². The molecule has 130 valence electrons. The van der Waals surface area contributed by atoms with Crippen molar-refractivity contribution in [1.82, 2.24) is 0 Å². The molecule has 1 heterocycles. The second-order valence-corrected chi connectivity index (χ2v) is 6.57. The third kappa shape index (κ3) is 3.65. The number of aryl methyl sites for hydroxylation is 1. The summed E-state index contributed by atoms with van der Waals surface area (Å²) in [6, 6.07) is 11.2. The van der Waals surface area contributed by atoms with Crippen LogP contribution in [0.3, 0.4) is 0 Å². The summed E-state index contributed by atoms with van der Waals surface area (Å²) in [7, 11) is 0. The first kappa shape index (κ1) is 17.0. The molecular weight excluding hydrogens is 314 g/mol. The number of fused-ring (bicyclic) bond motifs is 1. The Balaban J connectivity index is 1.94. The van der Waals surface area contributed by atoms with Gasteiger partial charge in [-0.25, -0.2) is 0 Å². The topological polar surface area (TPSA) is 70.2 Å². The maximum absolute atomic E-state index is 12.9. The van der Waals surface area contributed by atoms with Gasteiger partial charge in [0.15, 0.2) is 0 Å². The van der Waals surface area contributed by atoms with Crippen LogP contribution in [-0.4, -0.2) is 18.4 Å². The molecule has 1 aliphatic heterocycles. The lowest BCUT2D eigenvalue weighted by molar-refractivity contribution is -0.114. The number of carbonyl (C=O) groups is 2. The summed E-state index contributed by atoms with van der Waals surface area (Å²) in [4.78, 5) is 24.3. The van der Waals surface area contributed by atoms with Crippen LogP contribution in [0.2, 0.25) is 0 Å². The molecule has 5 nitrogen and oxygen atoms in total. The van der Waals surface area contributed by atoms with Crippen molar-refractivity contribution < 1.29 is 9.59 Å². The Bertz CT molecular complexity index is 830. The Labute approximate surface area is 147 Å². The highest BCUT2D eigenvalue weighted by molar-refractivity contribution is 6.10. The van der Waals surface area contributed by atoms with E-state index in [4.69, 9.17) is 0 Å². The molecule has 0 fully saturated rings. The number of hydrogen-bond donors (Lipinski definition) is 3. The summed E-state index contributed by atoms with van der Waals surface area (Å²) in [5, 5.41) is 9.04. The van der Waals surface area contributed by atoms with Gasteiger partial charge in [-0.05, 0) is 48.6 Å². The normalized spacial score (nSPS) is 15.7. The van der Waals surface area contributed by atoms with Gasteiger partial charge in [0, 0.05) is 13.5 Å². The largest absolute Gasteiger partial charge is 0.384 e. The molecule has 0 saturated carbocycles. The molecule has 0 aliphatic carbocycles. The monoisotopic (exact) mass is 337 g/mol. The van der Waals surface area contributed by atoms with Crippen LogP contribution >= 0.6 is 0 Å². The fourth-order valence-electron chi connectivity index (χ4n) is 3.23. The van der Waals surface area contributed by atoms with E-state index < -0.39 is 0 Å². The Hall–Kier alpha value is -2.82. The summed E-state index contributed by atoms with van der Waals surface area (Å²) in [5.74, 6) is 0.0684. The predicted molar refractivity (Wildman–Crippen MR) is 101 cm³/mol. The molecule has 1 aliphatic rings. The zero-order valence-electron chi connectivity index (χ0n) is 14.8. The van der Waals surface area contributed by atoms with Crippen molar-refractivity contribution in [2.24, 2.45) is 0 Å². The van der Waals surface area contributed by atoms with Crippen LogP contribution in [-0.2, 0) is 4.79 Å². The van der Waals surface area contributed by atoms with Gasteiger partial charge in [0.05, 0.1) is 22.6 Å². The molecule has 0 radical (unpaired) electrons. The molecule has 2 aromatic rings. The average Bonchev–Trinajstić information content (AvgIpc) is 2.56. The third-order valence-electron chi connectivity index (χ3n) is 4.45. The van der Waals surface area contributed by atoms with Gasteiger partial charge in [0.1, 0.15) is 0 Å². The van der Waals surface area contributed by atoms with Crippen LogP contribution in [0.1, 0.15) is 47.7 Å². The molecule has 0 spiro atoms. The van der Waals surface area contributed by atoms with Crippen LogP contribution in [0.15, 0.2) is 36.4 Å². The number of hydrogen-bond acceptors (Lipinski definition) is 3. The zero-order chi connectivity index (χ0) is 18.0. The van der Waals surface area contributed by atoms with Crippen molar-refractivity contribution in [3.8, 4) is 0 Å². The van der Waals surface area contributed by atoms with Crippen molar-refractivity contribution in [1.29, 1.82) is 0 Å². The summed E-state index contributed by atoms with van der Waals surface area (Å²) >= 11 is 0. The predicted octanol–water partition coefficient (Wildman–Crippen LogP) is 4.12. The first-order valence-corrected chi connectivity index (χ1v) is 8.52. The van der Waals surface area contributed by atoms with Gasteiger partial charge in [0.2, 0.25) is 5.91 Å². The zero-order valence-corrected chi connectivity index (χ0v) is 14.8. The number of benzene rings is 2. The fourth-order valence-corrected chi connectivity index (χ4v) is 3.23. The van der Waals surface area contributed by atoms with Gasteiger partial charge < -0.3 is 16.0 Å². The van der Waals surface area contributed by atoms with E-state index in [2.05, 4.69) is 28.9 Å². The van der Waals surface area contributed by atoms with Gasteiger partial charge in [0.25, 0.3) is 5.91 Å². The number of rotatable bonds is 3. The lowest BCUT2D eigenvalue weighted by atomic mass is 9.89. The van der Waals surface area contributed by atoms with Gasteiger partial charge in [-0.2, -0.15) is 0 Å². The van der Waals surface area contributed by atoms with Crippen LogP contribution in [0.25, 0.3) is 0 Å². The molecule has 1 atom stereocenters. The standard InChI is InChI=1S/C20H23N3O2/c1-12-10-15-13(2)8-9-21-19(15)16(11-12)20(25)23-18-7-5-4-6-17(18)22-14(3)24/h4-7,10-11,13,21H,8-9H2,1-3H3,(H,22,24)(H,23,25). The Morgan fingerprint density at radius 2 is 1.80 bits per heavy atom. The molecule has 3 rings (SSSR count). The highest BCUT2D eigenvalue weighted by Gasteiger charge is 2.23. The summed E-state index contributed by atoms with van der Waals surface area (Å²) in [5.41, 5.74) is 4.98. The Morgan fingerprint density at radius 3 is 2.48 bits per heavy atom. The van der Waals surface area contributed by atoms with Crippen LogP contribution < -0.4 is 16.0 Å². The molecule has 2 aromatic carbocycles. The Morgan fingerprint density at radius 1 is 1.12 bits per heavy atom. The van der Waals surface area contributed by atoms with Gasteiger partial charge >= 0.3 is 0 Å². The highest BCUT2D eigenvalue weighted by atomic mass is 16.2. The second-order valence-electron chi connectivity index (χ2n) is 6.57. The minimum absolute atomic E-state index is 0.176. The van der Waals surface area contributed by atoms with Crippen molar-refractivity contribution in [3.63, 3.8) is 0 Å². The minimum atomic E-state index is -0.181. The van der Waals surface area contributed by atoms with Crippen molar-refractivity contribution in [2.45, 2.75) is 33.1 Å². The van der Waals surface area contributed by atoms with Gasteiger partial charge in [-0.15, -0.1) is 0 Å². The maximum atomic E-state index is 12.9. The van der Waals surface area contributed by atoms with Gasteiger partial charge in [-0.1, -0.05) is 25.1 Å². The third-order valence-corrected chi connectivity index (χ3v) is 4.45. The number of para-hydroxylation sites is 2. The van der Waals surface area contributed by atoms with Crippen molar-refractivity contribution in [2.75, 3.05) is 22.5 Å². The molecule has 3 N–H and O–H groups in total. The number of carbonyl (C=O) groups excluding carboxylic acids is 2. The van der Waals surface area contributed by atoms with E-state index in [0.29, 0.717) is 22.9 Å². The molecule has 2 amide bonds. The molecule has 1 unspecified atom stereocenters. The summed E-state index contributed by atoms with van der Waals surface area (Å²) in [6.07, 6.45) is 1.06. The van der Waals surface area contributed by atoms with Crippen molar-refractivity contribution in [3.05, 3.63) is 53.1 Å². The quantitative estimate of drug-likeness (QED) is 0.789. The van der Waals surface area contributed by atoms with Crippen LogP contribution in [0.4, 0.5) is 17.1 Å². The number of nitrogens with one attached hydrogen (secondary N) is 3. The van der Waals surface area contributed by atoms with Gasteiger partial charge in [-0.3, -0.25) is 9.59 Å². The molecule has 25 heavy (non-hydrogen) atoms. The fraction of sp³-hybridized carbons (Fsp3) is 0.300. The smallest absolute Gasteiger partial charge is 0.257 e. The molecule has 5 heteroatoms. The number of anilines is 3. The van der Waals surface area contributed by atoms with Crippen molar-refractivity contribution >= 4 is 28.9 Å². The molecule has 0 aromatic heterocycles.